The molecule has 146 valence electrons. The largest absolute Gasteiger partial charge is 0.353 e. The van der Waals surface area contributed by atoms with E-state index in [0.717, 1.165) is 73.7 Å². The molecule has 3 aromatic rings. The van der Waals surface area contributed by atoms with Crippen LogP contribution < -0.4 is 0 Å². The maximum atomic E-state index is 5.84. The Kier molecular flexibility index (Phi) is 6.53. The number of unbranched alkanes of at least 4 members (excludes halogenated alkanes) is 1. The number of ether oxygens (including phenoxy) is 2. The van der Waals surface area contributed by atoms with Gasteiger partial charge in [-0.1, -0.05) is 60.7 Å². The van der Waals surface area contributed by atoms with Crippen molar-refractivity contribution >= 4 is 0 Å². The van der Waals surface area contributed by atoms with E-state index in [9.17, 15) is 0 Å². The normalized spacial score (nSPS) is 16.9. The van der Waals surface area contributed by atoms with Crippen LogP contribution in [0.2, 0.25) is 0 Å². The van der Waals surface area contributed by atoms with E-state index in [0.29, 0.717) is 0 Å². The van der Waals surface area contributed by atoms with E-state index in [-0.39, 0.29) is 6.29 Å². The zero-order valence-corrected chi connectivity index (χ0v) is 16.3. The Hall–Kier alpha value is -2.43. The lowest BCUT2D eigenvalue weighted by atomic mass is 10.1. The summed E-state index contributed by atoms with van der Waals surface area (Å²) in [6.07, 6.45) is 6.38. The fourth-order valence-electron chi connectivity index (χ4n) is 3.61. The molecule has 1 unspecified atom stereocenters. The molecule has 4 nitrogen and oxygen atoms in total. The standard InChI is InChI=1S/C24H28N2O2/c1-3-11-19(12-4-1)23-24(20-13-5-2-6-14-20)26-21(25-23)15-7-9-17-27-22-16-8-10-18-28-22/h1-6,11-14,22H,7-10,15-18H2,(H,25,26). The predicted octanol–water partition coefficient (Wildman–Crippen LogP) is 5.61. The Labute approximate surface area is 166 Å². The third-order valence-electron chi connectivity index (χ3n) is 5.11. The van der Waals surface area contributed by atoms with Gasteiger partial charge in [0.25, 0.3) is 0 Å². The molecule has 0 aliphatic carbocycles. The van der Waals surface area contributed by atoms with Crippen LogP contribution in [0.15, 0.2) is 60.7 Å². The Balaban J connectivity index is 1.39. The van der Waals surface area contributed by atoms with Crippen LogP contribution in [0.3, 0.4) is 0 Å². The topological polar surface area (TPSA) is 47.1 Å². The molecule has 0 saturated carbocycles. The quantitative estimate of drug-likeness (QED) is 0.520. The van der Waals surface area contributed by atoms with Crippen LogP contribution in [0.1, 0.15) is 37.9 Å². The van der Waals surface area contributed by atoms with Crippen LogP contribution in [0, 0.1) is 0 Å². The molecule has 1 atom stereocenters. The minimum atomic E-state index is 0.00623. The van der Waals surface area contributed by atoms with Crippen molar-refractivity contribution in [3.63, 3.8) is 0 Å². The van der Waals surface area contributed by atoms with Gasteiger partial charge in [-0.15, -0.1) is 0 Å². The maximum Gasteiger partial charge on any atom is 0.157 e. The smallest absolute Gasteiger partial charge is 0.157 e. The van der Waals surface area contributed by atoms with Crippen molar-refractivity contribution in [2.24, 2.45) is 0 Å². The number of hydrogen-bond donors (Lipinski definition) is 1. The van der Waals surface area contributed by atoms with Gasteiger partial charge in [0.05, 0.1) is 11.4 Å². The number of H-pyrrole nitrogens is 1. The zero-order valence-electron chi connectivity index (χ0n) is 16.3. The Morgan fingerprint density at radius 3 is 2.39 bits per heavy atom. The Bertz CT molecular complexity index is 783. The van der Waals surface area contributed by atoms with E-state index in [1.807, 2.05) is 12.1 Å². The van der Waals surface area contributed by atoms with Crippen LogP contribution in [0.5, 0.6) is 0 Å². The van der Waals surface area contributed by atoms with E-state index in [1.165, 1.54) is 6.42 Å². The fraction of sp³-hybridized carbons (Fsp3) is 0.375. The highest BCUT2D eigenvalue weighted by molar-refractivity contribution is 5.78. The monoisotopic (exact) mass is 376 g/mol. The van der Waals surface area contributed by atoms with Gasteiger partial charge in [0, 0.05) is 30.8 Å². The van der Waals surface area contributed by atoms with Crippen molar-refractivity contribution in [1.82, 2.24) is 9.97 Å². The van der Waals surface area contributed by atoms with E-state index >= 15 is 0 Å². The number of nitrogens with one attached hydrogen (secondary N) is 1. The Morgan fingerprint density at radius 2 is 1.68 bits per heavy atom. The van der Waals surface area contributed by atoms with Gasteiger partial charge in [-0.05, 0) is 32.1 Å². The maximum absolute atomic E-state index is 5.84. The molecule has 0 spiro atoms. The van der Waals surface area contributed by atoms with Gasteiger partial charge in [0.1, 0.15) is 5.82 Å². The number of aromatic amines is 1. The van der Waals surface area contributed by atoms with Gasteiger partial charge >= 0.3 is 0 Å². The summed E-state index contributed by atoms with van der Waals surface area (Å²) in [4.78, 5) is 8.48. The van der Waals surface area contributed by atoms with Crippen molar-refractivity contribution in [2.45, 2.75) is 44.8 Å². The highest BCUT2D eigenvalue weighted by Crippen LogP contribution is 2.30. The van der Waals surface area contributed by atoms with E-state index in [1.54, 1.807) is 0 Å². The molecule has 1 saturated heterocycles. The molecular weight excluding hydrogens is 348 g/mol. The molecule has 1 N–H and O–H groups in total. The van der Waals surface area contributed by atoms with Gasteiger partial charge < -0.3 is 14.5 Å². The molecular formula is C24H28N2O2. The average Bonchev–Trinajstić information content (AvgIpc) is 3.20. The predicted molar refractivity (Wildman–Crippen MR) is 112 cm³/mol. The average molecular weight is 376 g/mol. The first-order chi connectivity index (χ1) is 13.9. The second kappa shape index (κ2) is 9.67. The molecule has 0 amide bonds. The second-order valence-electron chi connectivity index (χ2n) is 7.26. The van der Waals surface area contributed by atoms with Crippen LogP contribution >= 0.6 is 0 Å². The number of benzene rings is 2. The van der Waals surface area contributed by atoms with E-state index in [2.05, 4.69) is 53.5 Å². The van der Waals surface area contributed by atoms with Crippen LogP contribution in [-0.4, -0.2) is 29.5 Å². The van der Waals surface area contributed by atoms with Crippen LogP contribution in [-0.2, 0) is 15.9 Å². The first kappa shape index (κ1) is 18.9. The lowest BCUT2D eigenvalue weighted by Crippen LogP contribution is -2.22. The second-order valence-corrected chi connectivity index (χ2v) is 7.26. The summed E-state index contributed by atoms with van der Waals surface area (Å²) in [5.41, 5.74) is 4.42. The summed E-state index contributed by atoms with van der Waals surface area (Å²) in [6.45, 7) is 1.59. The van der Waals surface area contributed by atoms with Gasteiger partial charge in [0.15, 0.2) is 6.29 Å². The summed E-state index contributed by atoms with van der Waals surface area (Å²) in [6, 6.07) is 20.8. The molecule has 0 radical (unpaired) electrons. The molecule has 1 aliphatic rings. The molecule has 4 rings (SSSR count). The first-order valence-corrected chi connectivity index (χ1v) is 10.3. The fourth-order valence-corrected chi connectivity index (χ4v) is 3.61. The van der Waals surface area contributed by atoms with Crippen molar-refractivity contribution in [3.05, 3.63) is 66.5 Å². The summed E-state index contributed by atoms with van der Waals surface area (Å²) in [5, 5.41) is 0. The van der Waals surface area contributed by atoms with Gasteiger partial charge in [-0.25, -0.2) is 4.98 Å². The van der Waals surface area contributed by atoms with Crippen molar-refractivity contribution in [1.29, 1.82) is 0 Å². The van der Waals surface area contributed by atoms with Gasteiger partial charge in [0.2, 0.25) is 0 Å². The Morgan fingerprint density at radius 1 is 0.929 bits per heavy atom. The van der Waals surface area contributed by atoms with E-state index < -0.39 is 0 Å². The van der Waals surface area contributed by atoms with Gasteiger partial charge in [-0.3, -0.25) is 0 Å². The van der Waals surface area contributed by atoms with Crippen molar-refractivity contribution in [2.75, 3.05) is 13.2 Å². The third kappa shape index (κ3) is 4.89. The number of aromatic nitrogens is 2. The SMILES string of the molecule is c1ccc(-c2nc(CCCCOC3CCCCO3)[nH]c2-c2ccccc2)cc1. The number of aryl methyl sites for hydroxylation is 1. The summed E-state index contributed by atoms with van der Waals surface area (Å²) < 4.78 is 11.5. The highest BCUT2D eigenvalue weighted by atomic mass is 16.7. The summed E-state index contributed by atoms with van der Waals surface area (Å²) in [5.74, 6) is 1.03. The van der Waals surface area contributed by atoms with Crippen molar-refractivity contribution < 1.29 is 9.47 Å². The lowest BCUT2D eigenvalue weighted by molar-refractivity contribution is -0.162. The van der Waals surface area contributed by atoms with Crippen LogP contribution in [0.25, 0.3) is 22.5 Å². The van der Waals surface area contributed by atoms with Crippen molar-refractivity contribution in [3.8, 4) is 22.5 Å². The highest BCUT2D eigenvalue weighted by Gasteiger charge is 2.15. The van der Waals surface area contributed by atoms with Gasteiger partial charge in [-0.2, -0.15) is 0 Å². The summed E-state index contributed by atoms with van der Waals surface area (Å²) >= 11 is 0. The molecule has 0 bridgehead atoms. The zero-order chi connectivity index (χ0) is 19.0. The molecule has 1 aromatic heterocycles. The molecule has 1 aliphatic heterocycles. The minimum absolute atomic E-state index is 0.00623. The van der Waals surface area contributed by atoms with E-state index in [4.69, 9.17) is 14.5 Å². The molecule has 28 heavy (non-hydrogen) atoms. The number of rotatable bonds is 8. The lowest BCUT2D eigenvalue weighted by Gasteiger charge is -2.22. The molecule has 2 heterocycles. The van der Waals surface area contributed by atoms with Crippen LogP contribution in [0.4, 0.5) is 0 Å². The first-order valence-electron chi connectivity index (χ1n) is 10.3. The summed E-state index contributed by atoms with van der Waals surface area (Å²) in [7, 11) is 0. The number of nitrogens with zero attached hydrogens (tertiary/aromatic N) is 1. The molecule has 2 aromatic carbocycles. The number of imidazole rings is 1. The third-order valence-corrected chi connectivity index (χ3v) is 5.11. The number of hydrogen-bond acceptors (Lipinski definition) is 3. The molecule has 1 fully saturated rings. The minimum Gasteiger partial charge on any atom is -0.353 e. The molecule has 4 heteroatoms.